The minimum absolute atomic E-state index is 0.112. The third-order valence-corrected chi connectivity index (χ3v) is 4.44. The fraction of sp³-hybridized carbons (Fsp3) is 0.688. The van der Waals surface area contributed by atoms with E-state index in [1.807, 2.05) is 0 Å². The maximum Gasteiger partial charge on any atom is 0.162 e. The van der Waals surface area contributed by atoms with Crippen LogP contribution in [0.2, 0.25) is 0 Å². The smallest absolute Gasteiger partial charge is 0.162 e. The van der Waals surface area contributed by atoms with Gasteiger partial charge in [0.25, 0.3) is 0 Å². The molecule has 0 saturated carbocycles. The van der Waals surface area contributed by atoms with Crippen LogP contribution in [0, 0.1) is 11.3 Å². The fourth-order valence-corrected chi connectivity index (χ4v) is 3.39. The molecule has 1 aromatic rings. The molecule has 0 aromatic carbocycles. The van der Waals surface area contributed by atoms with Gasteiger partial charge in [-0.2, -0.15) is 5.10 Å². The monoisotopic (exact) mass is 289 g/mol. The zero-order chi connectivity index (χ0) is 15.6. The number of aromatic nitrogens is 2. The number of nitrogen functional groups attached to an aromatic ring is 1. The predicted molar refractivity (Wildman–Crippen MR) is 87.0 cm³/mol. The van der Waals surface area contributed by atoms with Crippen LogP contribution in [-0.2, 0) is 12.8 Å². The summed E-state index contributed by atoms with van der Waals surface area (Å²) in [5.74, 6) is 1.48. The van der Waals surface area contributed by atoms with Crippen molar-refractivity contribution in [2.75, 3.05) is 11.4 Å². The average Bonchev–Trinajstić information content (AvgIpc) is 2.94. The van der Waals surface area contributed by atoms with E-state index in [-0.39, 0.29) is 5.84 Å². The molecule has 5 heteroatoms. The van der Waals surface area contributed by atoms with Gasteiger partial charge < -0.3 is 10.6 Å². The van der Waals surface area contributed by atoms with Gasteiger partial charge in [-0.3, -0.25) is 5.41 Å². The van der Waals surface area contributed by atoms with Crippen LogP contribution in [0.1, 0.15) is 57.4 Å². The Balaban J connectivity index is 2.55. The van der Waals surface area contributed by atoms with E-state index in [9.17, 15) is 0 Å². The van der Waals surface area contributed by atoms with Crippen LogP contribution in [0.3, 0.4) is 0 Å². The molecular weight excluding hydrogens is 262 g/mol. The molecule has 1 aliphatic heterocycles. The van der Waals surface area contributed by atoms with Gasteiger partial charge in [0.05, 0.1) is 11.3 Å². The van der Waals surface area contributed by atoms with E-state index in [4.69, 9.17) is 11.1 Å². The van der Waals surface area contributed by atoms with Crippen LogP contribution in [0.25, 0.3) is 0 Å². The highest BCUT2D eigenvalue weighted by Crippen LogP contribution is 2.32. The maximum absolute atomic E-state index is 8.01. The van der Waals surface area contributed by atoms with Crippen molar-refractivity contribution in [3.8, 4) is 0 Å². The first-order valence-corrected chi connectivity index (χ1v) is 8.00. The standard InChI is InChI=1S/C16H27N5/c1-5-11-12(6-2)19-20-16(14(11)15(17)18)21-9-7-8-13(21)10(3)4/h10,13H,5-9H2,1-4H3,(H3,17,18). The second kappa shape index (κ2) is 6.41. The van der Waals surface area contributed by atoms with E-state index >= 15 is 0 Å². The highest BCUT2D eigenvalue weighted by molar-refractivity contribution is 6.01. The molecule has 0 aliphatic carbocycles. The molecule has 1 unspecified atom stereocenters. The molecule has 1 aromatic heterocycles. The summed E-state index contributed by atoms with van der Waals surface area (Å²) in [7, 11) is 0. The Hall–Kier alpha value is -1.65. The first kappa shape index (κ1) is 15.7. The zero-order valence-corrected chi connectivity index (χ0v) is 13.6. The lowest BCUT2D eigenvalue weighted by Crippen LogP contribution is -2.36. The van der Waals surface area contributed by atoms with Gasteiger partial charge in [0.15, 0.2) is 5.82 Å². The number of anilines is 1. The molecular formula is C16H27N5. The number of hydrogen-bond donors (Lipinski definition) is 2. The highest BCUT2D eigenvalue weighted by atomic mass is 15.3. The second-order valence-electron chi connectivity index (χ2n) is 6.09. The van der Waals surface area contributed by atoms with Crippen molar-refractivity contribution in [3.05, 3.63) is 16.8 Å². The molecule has 2 rings (SSSR count). The summed E-state index contributed by atoms with van der Waals surface area (Å²) < 4.78 is 0. The quantitative estimate of drug-likeness (QED) is 0.645. The van der Waals surface area contributed by atoms with Gasteiger partial charge in [0, 0.05) is 12.6 Å². The van der Waals surface area contributed by atoms with Gasteiger partial charge in [-0.15, -0.1) is 5.10 Å². The number of hydrogen-bond acceptors (Lipinski definition) is 4. The summed E-state index contributed by atoms with van der Waals surface area (Å²) in [6, 6.07) is 0.467. The van der Waals surface area contributed by atoms with Crippen molar-refractivity contribution < 1.29 is 0 Å². The Bertz CT molecular complexity index is 524. The topological polar surface area (TPSA) is 78.9 Å². The minimum Gasteiger partial charge on any atom is -0.384 e. The van der Waals surface area contributed by atoms with Gasteiger partial charge in [-0.1, -0.05) is 27.7 Å². The largest absolute Gasteiger partial charge is 0.384 e. The predicted octanol–water partition coefficient (Wildman–Crippen LogP) is 2.51. The number of nitrogens with zero attached hydrogens (tertiary/aromatic N) is 3. The number of amidine groups is 1. The Morgan fingerprint density at radius 3 is 2.57 bits per heavy atom. The van der Waals surface area contributed by atoms with Crippen LogP contribution in [0.5, 0.6) is 0 Å². The van der Waals surface area contributed by atoms with Crippen molar-refractivity contribution in [3.63, 3.8) is 0 Å². The van der Waals surface area contributed by atoms with Crippen molar-refractivity contribution in [2.24, 2.45) is 11.7 Å². The molecule has 116 valence electrons. The molecule has 0 radical (unpaired) electrons. The number of rotatable bonds is 5. The van der Waals surface area contributed by atoms with Gasteiger partial charge >= 0.3 is 0 Å². The minimum atomic E-state index is 0.112. The summed E-state index contributed by atoms with van der Waals surface area (Å²) >= 11 is 0. The zero-order valence-electron chi connectivity index (χ0n) is 13.6. The average molecular weight is 289 g/mol. The van der Waals surface area contributed by atoms with Crippen molar-refractivity contribution in [2.45, 2.75) is 59.4 Å². The molecule has 3 N–H and O–H groups in total. The molecule has 2 heterocycles. The lowest BCUT2D eigenvalue weighted by atomic mass is 9.99. The summed E-state index contributed by atoms with van der Waals surface area (Å²) in [6.07, 6.45) is 4.00. The van der Waals surface area contributed by atoms with Gasteiger partial charge in [-0.25, -0.2) is 0 Å². The Labute approximate surface area is 127 Å². The van der Waals surface area contributed by atoms with Crippen molar-refractivity contribution in [1.82, 2.24) is 10.2 Å². The lowest BCUT2D eigenvalue weighted by molar-refractivity contribution is 0.488. The fourth-order valence-electron chi connectivity index (χ4n) is 3.39. The molecule has 21 heavy (non-hydrogen) atoms. The highest BCUT2D eigenvalue weighted by Gasteiger charge is 2.31. The van der Waals surface area contributed by atoms with E-state index in [0.29, 0.717) is 12.0 Å². The second-order valence-corrected chi connectivity index (χ2v) is 6.09. The first-order chi connectivity index (χ1) is 10.0. The number of nitrogens with two attached hydrogens (primary N) is 1. The van der Waals surface area contributed by atoms with E-state index in [0.717, 1.165) is 42.0 Å². The van der Waals surface area contributed by atoms with Gasteiger partial charge in [0.1, 0.15) is 5.84 Å². The number of nitrogens with one attached hydrogen (secondary N) is 1. The van der Waals surface area contributed by atoms with Crippen molar-refractivity contribution >= 4 is 11.7 Å². The summed E-state index contributed by atoms with van der Waals surface area (Å²) in [4.78, 5) is 2.31. The van der Waals surface area contributed by atoms with Crippen LogP contribution < -0.4 is 10.6 Å². The number of aryl methyl sites for hydroxylation is 1. The summed E-state index contributed by atoms with van der Waals surface area (Å²) in [6.45, 7) is 9.62. The third kappa shape index (κ3) is 2.87. The van der Waals surface area contributed by atoms with E-state index < -0.39 is 0 Å². The Morgan fingerprint density at radius 1 is 1.33 bits per heavy atom. The molecule has 5 nitrogen and oxygen atoms in total. The SMILES string of the molecule is CCc1nnc(N2CCCC2C(C)C)c(C(=N)N)c1CC. The maximum atomic E-state index is 8.01. The molecule has 0 bridgehead atoms. The first-order valence-electron chi connectivity index (χ1n) is 8.00. The van der Waals surface area contributed by atoms with Crippen LogP contribution in [-0.4, -0.2) is 28.6 Å². The molecule has 1 saturated heterocycles. The van der Waals surface area contributed by atoms with E-state index in [1.54, 1.807) is 0 Å². The van der Waals surface area contributed by atoms with Gasteiger partial charge in [-0.05, 0) is 37.2 Å². The normalized spacial score (nSPS) is 18.5. The Morgan fingerprint density at radius 2 is 2.05 bits per heavy atom. The molecule has 0 amide bonds. The molecule has 1 aliphatic rings. The summed E-state index contributed by atoms with van der Waals surface area (Å²) in [5.41, 5.74) is 8.75. The van der Waals surface area contributed by atoms with Crippen LogP contribution >= 0.6 is 0 Å². The molecule has 0 spiro atoms. The molecule has 1 atom stereocenters. The summed E-state index contributed by atoms with van der Waals surface area (Å²) in [5, 5.41) is 16.9. The molecule has 1 fully saturated rings. The van der Waals surface area contributed by atoms with Crippen molar-refractivity contribution in [1.29, 1.82) is 5.41 Å². The van der Waals surface area contributed by atoms with E-state index in [2.05, 4.69) is 42.8 Å². The van der Waals surface area contributed by atoms with E-state index in [1.165, 1.54) is 12.8 Å². The van der Waals surface area contributed by atoms with Crippen LogP contribution in [0.15, 0.2) is 0 Å². The lowest BCUT2D eigenvalue weighted by Gasteiger charge is -2.30. The Kier molecular flexibility index (Phi) is 4.80. The van der Waals surface area contributed by atoms with Crippen LogP contribution in [0.4, 0.5) is 5.82 Å². The van der Waals surface area contributed by atoms with Gasteiger partial charge in [0.2, 0.25) is 0 Å². The third-order valence-electron chi connectivity index (χ3n) is 4.44.